The molecule has 0 unspecified atom stereocenters. The van der Waals surface area contributed by atoms with Crippen molar-refractivity contribution in [3.63, 3.8) is 0 Å². The van der Waals surface area contributed by atoms with Crippen LogP contribution in [0.2, 0.25) is 0 Å². The molecule has 0 atom stereocenters. The molecular formula is C34H25O5P. The highest BCUT2D eigenvalue weighted by atomic mass is 31.1. The van der Waals surface area contributed by atoms with Crippen molar-refractivity contribution >= 4 is 51.7 Å². The predicted molar refractivity (Wildman–Crippen MR) is 160 cm³/mol. The smallest absolute Gasteiger partial charge is 0.384 e. The zero-order valence-electron chi connectivity index (χ0n) is 21.5. The molecule has 196 valence electrons. The Bertz CT molecular complexity index is 1870. The summed E-state index contributed by atoms with van der Waals surface area (Å²) < 4.78 is 24.2. The van der Waals surface area contributed by atoms with Gasteiger partial charge >= 0.3 is 8.24 Å². The third-order valence-corrected chi connectivity index (χ3v) is 7.71. The van der Waals surface area contributed by atoms with Crippen molar-refractivity contribution in [2.24, 2.45) is 0 Å². The molecule has 1 heterocycles. The van der Waals surface area contributed by atoms with Gasteiger partial charge in [0.1, 0.15) is 35.9 Å². The first-order valence-electron chi connectivity index (χ1n) is 13.0. The molecule has 40 heavy (non-hydrogen) atoms. The molecule has 5 nitrogen and oxygen atoms in total. The van der Waals surface area contributed by atoms with E-state index in [2.05, 4.69) is 0 Å². The summed E-state index contributed by atoms with van der Waals surface area (Å²) in [5.41, 5.74) is 3.30. The van der Waals surface area contributed by atoms with Gasteiger partial charge in [-0.15, -0.1) is 0 Å². The average molecular weight is 545 g/mol. The fourth-order valence-corrected chi connectivity index (χ4v) is 5.75. The van der Waals surface area contributed by atoms with Gasteiger partial charge in [0.2, 0.25) is 0 Å². The van der Waals surface area contributed by atoms with E-state index in [1.165, 1.54) is 0 Å². The van der Waals surface area contributed by atoms with Crippen LogP contribution >= 0.6 is 8.24 Å². The largest absolute Gasteiger partial charge is 0.489 e. The first kappa shape index (κ1) is 24.3. The molecule has 0 radical (unpaired) electrons. The van der Waals surface area contributed by atoms with Crippen LogP contribution in [0.1, 0.15) is 11.1 Å². The van der Waals surface area contributed by atoms with E-state index in [0.29, 0.717) is 24.4 Å². The molecular weight excluding hydrogens is 519 g/mol. The molecule has 0 aliphatic carbocycles. The van der Waals surface area contributed by atoms with E-state index in [0.717, 1.165) is 54.9 Å². The van der Waals surface area contributed by atoms with Crippen molar-refractivity contribution in [1.82, 2.24) is 0 Å². The van der Waals surface area contributed by atoms with Crippen molar-refractivity contribution < 1.29 is 22.8 Å². The van der Waals surface area contributed by atoms with Gasteiger partial charge in [0.15, 0.2) is 0 Å². The summed E-state index contributed by atoms with van der Waals surface area (Å²) in [7, 11) is -2.15. The average Bonchev–Trinajstić information content (AvgIpc) is 3.15. The van der Waals surface area contributed by atoms with E-state index in [-0.39, 0.29) is 0 Å². The number of ether oxygens (including phenoxy) is 2. The molecule has 1 N–H and O–H groups in total. The van der Waals surface area contributed by atoms with E-state index in [1.54, 1.807) is 0 Å². The number of rotatable bonds is 6. The van der Waals surface area contributed by atoms with Gasteiger partial charge in [0.25, 0.3) is 0 Å². The van der Waals surface area contributed by atoms with Gasteiger partial charge in [-0.25, -0.2) is 0 Å². The standard InChI is InChI=1S/C34H25O5P/c35-40-38-31-17-13-25-11-15-27(36-21-23-7-3-1-4-8-23)19-29(25)33(31)34-30-20-28(37-22-24-9-5-2-6-10-24)16-12-26(30)14-18-32(34)39-40/h1-20,35H,21-22H2. The highest BCUT2D eigenvalue weighted by Crippen LogP contribution is 2.41. The molecule has 6 heteroatoms. The van der Waals surface area contributed by atoms with Crippen LogP contribution in [0.5, 0.6) is 11.5 Å². The van der Waals surface area contributed by atoms with Gasteiger partial charge < -0.3 is 17.9 Å². The van der Waals surface area contributed by atoms with Crippen molar-refractivity contribution in [3.05, 3.63) is 132 Å². The normalized spacial score (nSPS) is 11.3. The molecule has 0 spiro atoms. The molecule has 1 aromatic heterocycles. The molecule has 0 saturated heterocycles. The maximum Gasteiger partial charge on any atom is 0.384 e. The molecule has 0 fully saturated rings. The van der Waals surface area contributed by atoms with Crippen LogP contribution in [0.3, 0.4) is 0 Å². The van der Waals surface area contributed by atoms with Crippen LogP contribution in [0.15, 0.2) is 130 Å². The monoisotopic (exact) mass is 544 g/mol. The Kier molecular flexibility index (Phi) is 6.37. The molecule has 0 saturated carbocycles. The Morgan fingerprint density at radius 3 is 1.40 bits per heavy atom. The van der Waals surface area contributed by atoms with Gasteiger partial charge in [-0.2, -0.15) is 0 Å². The predicted octanol–water partition coefficient (Wildman–Crippen LogP) is 9.51. The second kappa shape index (κ2) is 10.5. The molecule has 7 rings (SSSR count). The van der Waals surface area contributed by atoms with Crippen molar-refractivity contribution in [3.8, 4) is 11.5 Å². The Labute approximate surface area is 231 Å². The van der Waals surface area contributed by atoms with Crippen LogP contribution in [0, 0.1) is 0 Å². The maximum atomic E-state index is 10.6. The topological polar surface area (TPSA) is 65.0 Å². The minimum Gasteiger partial charge on any atom is -0.489 e. The zero-order valence-corrected chi connectivity index (χ0v) is 22.4. The number of fused-ring (bicyclic) bond motifs is 7. The minimum atomic E-state index is -2.15. The third-order valence-electron chi connectivity index (χ3n) is 7.01. The van der Waals surface area contributed by atoms with Crippen molar-refractivity contribution in [2.45, 2.75) is 13.2 Å². The van der Waals surface area contributed by atoms with E-state index in [9.17, 15) is 4.89 Å². The van der Waals surface area contributed by atoms with Crippen molar-refractivity contribution in [1.29, 1.82) is 0 Å². The number of hydrogen-bond acceptors (Lipinski definition) is 5. The van der Waals surface area contributed by atoms with Crippen LogP contribution in [-0.2, 0) is 13.2 Å². The van der Waals surface area contributed by atoms with Gasteiger partial charge in [-0.05, 0) is 69.1 Å². The first-order valence-corrected chi connectivity index (χ1v) is 14.2. The zero-order chi connectivity index (χ0) is 26.9. The summed E-state index contributed by atoms with van der Waals surface area (Å²) in [5.74, 6) is 1.49. The van der Waals surface area contributed by atoms with E-state index in [4.69, 9.17) is 17.9 Å². The molecule has 6 aromatic carbocycles. The van der Waals surface area contributed by atoms with Crippen LogP contribution in [0.25, 0.3) is 43.5 Å². The molecule has 0 bridgehead atoms. The highest BCUT2D eigenvalue weighted by molar-refractivity contribution is 7.30. The lowest BCUT2D eigenvalue weighted by molar-refractivity contribution is 0.306. The Morgan fingerprint density at radius 2 is 0.950 bits per heavy atom. The van der Waals surface area contributed by atoms with Gasteiger partial charge in [0, 0.05) is 10.8 Å². The summed E-state index contributed by atoms with van der Waals surface area (Å²) in [4.78, 5) is 10.6. The fraction of sp³-hybridized carbons (Fsp3) is 0.0588. The number of benzene rings is 6. The Balaban J connectivity index is 1.43. The molecule has 0 amide bonds. The van der Waals surface area contributed by atoms with Gasteiger partial charge in [-0.3, -0.25) is 4.89 Å². The summed E-state index contributed by atoms with van der Waals surface area (Å²) in [6.07, 6.45) is 0. The molecule has 7 aromatic rings. The SMILES string of the molecule is Op1oc2ccc3ccc(OCc4ccccc4)cc3c2c2c(ccc3ccc(OCc4ccccc4)cc32)o1. The minimum absolute atomic E-state index is 0.463. The van der Waals surface area contributed by atoms with Gasteiger partial charge in [0.05, 0.1) is 0 Å². The van der Waals surface area contributed by atoms with Gasteiger partial charge in [-0.1, -0.05) is 84.9 Å². The Hall–Kier alpha value is -4.70. The Morgan fingerprint density at radius 1 is 0.525 bits per heavy atom. The quantitative estimate of drug-likeness (QED) is 0.226. The third kappa shape index (κ3) is 4.77. The summed E-state index contributed by atoms with van der Waals surface area (Å²) in [5, 5.41) is 5.64. The van der Waals surface area contributed by atoms with E-state index in [1.807, 2.05) is 121 Å². The summed E-state index contributed by atoms with van der Waals surface area (Å²) in [6.45, 7) is 0.926. The second-order valence-electron chi connectivity index (χ2n) is 9.61. The fourth-order valence-electron chi connectivity index (χ4n) is 5.07. The van der Waals surface area contributed by atoms with Crippen LogP contribution < -0.4 is 9.47 Å². The lowest BCUT2D eigenvalue weighted by atomic mass is 9.98. The van der Waals surface area contributed by atoms with Crippen molar-refractivity contribution in [2.75, 3.05) is 0 Å². The second-order valence-corrected chi connectivity index (χ2v) is 10.5. The summed E-state index contributed by atoms with van der Waals surface area (Å²) in [6, 6.07) is 40.0. The summed E-state index contributed by atoms with van der Waals surface area (Å²) >= 11 is 0. The lowest BCUT2D eigenvalue weighted by Gasteiger charge is -2.11. The molecule has 0 aliphatic rings. The van der Waals surface area contributed by atoms with Crippen LogP contribution in [-0.4, -0.2) is 4.89 Å². The van der Waals surface area contributed by atoms with E-state index < -0.39 is 8.24 Å². The highest BCUT2D eigenvalue weighted by Gasteiger charge is 2.14. The molecule has 0 aliphatic heterocycles. The number of hydrogen-bond donors (Lipinski definition) is 1. The van der Waals surface area contributed by atoms with E-state index >= 15 is 0 Å². The maximum absolute atomic E-state index is 10.6. The first-order chi connectivity index (χ1) is 19.7. The lowest BCUT2D eigenvalue weighted by Crippen LogP contribution is -1.95. The van der Waals surface area contributed by atoms with Crippen LogP contribution in [0.4, 0.5) is 0 Å².